The molecule has 5 heterocycles. The molecule has 13 nitrogen and oxygen atoms in total. The van der Waals surface area contributed by atoms with E-state index in [-0.39, 0.29) is 30.6 Å². The van der Waals surface area contributed by atoms with Crippen molar-refractivity contribution in [3.63, 3.8) is 0 Å². The van der Waals surface area contributed by atoms with Gasteiger partial charge in [-0.15, -0.1) is 5.10 Å². The molecule has 3 aromatic heterocycles. The second-order valence-corrected chi connectivity index (χ2v) is 12.1. The predicted octanol–water partition coefficient (Wildman–Crippen LogP) is 4.00. The number of hydrogen-bond acceptors (Lipinski definition) is 9. The number of anilines is 2. The summed E-state index contributed by atoms with van der Waals surface area (Å²) in [7, 11) is 0. The Morgan fingerprint density at radius 2 is 1.83 bits per heavy atom. The second-order valence-electron chi connectivity index (χ2n) is 12.1. The number of likely N-dealkylation sites (tertiary alicyclic amines) is 1. The van der Waals surface area contributed by atoms with Gasteiger partial charge in [0.25, 0.3) is 5.91 Å². The molecule has 4 amide bonds. The first-order chi connectivity index (χ1) is 22.2. The number of imide groups is 1. The summed E-state index contributed by atoms with van der Waals surface area (Å²) in [6.07, 6.45) is -1.04. The van der Waals surface area contributed by atoms with Gasteiger partial charge in [-0.1, -0.05) is 6.07 Å². The first kappa shape index (κ1) is 32.0. The van der Waals surface area contributed by atoms with Crippen LogP contribution in [0.4, 0.5) is 29.5 Å². The van der Waals surface area contributed by atoms with E-state index in [9.17, 15) is 32.7 Å². The van der Waals surface area contributed by atoms with E-state index in [2.05, 4.69) is 30.7 Å². The van der Waals surface area contributed by atoms with Gasteiger partial charge in [0, 0.05) is 55.4 Å². The lowest BCUT2D eigenvalue weighted by Gasteiger charge is -2.31. The van der Waals surface area contributed by atoms with Crippen molar-refractivity contribution >= 4 is 40.3 Å². The summed E-state index contributed by atoms with van der Waals surface area (Å²) in [5, 5.41) is 29.7. The molecular weight excluding hydrogens is 619 g/mol. The van der Waals surface area contributed by atoms with E-state index in [1.165, 1.54) is 11.0 Å². The number of hydrogen-bond donors (Lipinski definition) is 3. The quantitative estimate of drug-likeness (QED) is 0.269. The fourth-order valence-corrected chi connectivity index (χ4v) is 5.73. The number of carbonyl (C=O) groups excluding carboxylic acids is 3. The Kier molecular flexibility index (Phi) is 8.40. The van der Waals surface area contributed by atoms with Gasteiger partial charge in [-0.3, -0.25) is 29.4 Å². The maximum atomic E-state index is 13.2. The molecule has 2 saturated heterocycles. The second kappa shape index (κ2) is 12.3. The van der Waals surface area contributed by atoms with Crippen LogP contribution in [0.3, 0.4) is 0 Å². The number of rotatable bonds is 7. The Hall–Kier alpha value is -4.96. The molecule has 2 aliphatic heterocycles. The molecule has 1 aromatic carbocycles. The SMILES string of the molecule is CC(C)(O)c1cc2nn(C3CCN(Cc4ccc(N5CCC(=O)NC5=O)nn4)CC3)cc2cc1NC(=O)c1cccc(C(F)(F)F)n1. The molecule has 0 saturated carbocycles. The van der Waals surface area contributed by atoms with E-state index in [4.69, 9.17) is 5.10 Å². The van der Waals surface area contributed by atoms with Crippen LogP contribution in [0, 0.1) is 0 Å². The zero-order valence-corrected chi connectivity index (χ0v) is 25.6. The van der Waals surface area contributed by atoms with Gasteiger partial charge in [0.1, 0.15) is 11.4 Å². The highest BCUT2D eigenvalue weighted by atomic mass is 19.4. The fourth-order valence-electron chi connectivity index (χ4n) is 5.73. The van der Waals surface area contributed by atoms with Crippen LogP contribution in [-0.4, -0.2) is 72.4 Å². The number of fused-ring (bicyclic) bond motifs is 1. The van der Waals surface area contributed by atoms with Crippen LogP contribution >= 0.6 is 0 Å². The highest BCUT2D eigenvalue weighted by Crippen LogP contribution is 2.34. The lowest BCUT2D eigenvalue weighted by Crippen LogP contribution is -2.50. The first-order valence-electron chi connectivity index (χ1n) is 15.0. The molecule has 16 heteroatoms. The molecule has 0 spiro atoms. The fraction of sp³-hybridized carbons (Fsp3) is 0.387. The number of amides is 4. The van der Waals surface area contributed by atoms with Crippen molar-refractivity contribution in [3.8, 4) is 0 Å². The van der Waals surface area contributed by atoms with Crippen LogP contribution in [0.5, 0.6) is 0 Å². The van der Waals surface area contributed by atoms with E-state index in [1.54, 1.807) is 32.0 Å². The molecule has 246 valence electrons. The van der Waals surface area contributed by atoms with Crippen LogP contribution in [-0.2, 0) is 23.1 Å². The Balaban J connectivity index is 1.12. The summed E-state index contributed by atoms with van der Waals surface area (Å²) in [5.74, 6) is -0.774. The van der Waals surface area contributed by atoms with Crippen molar-refractivity contribution in [3.05, 3.63) is 71.3 Å². The summed E-state index contributed by atoms with van der Waals surface area (Å²) in [6, 6.07) is 9.53. The molecule has 0 bridgehead atoms. The highest BCUT2D eigenvalue weighted by molar-refractivity contribution is 6.05. The predicted molar refractivity (Wildman–Crippen MR) is 163 cm³/mol. The summed E-state index contributed by atoms with van der Waals surface area (Å²) in [6.45, 7) is 5.45. The highest BCUT2D eigenvalue weighted by Gasteiger charge is 2.33. The normalized spacial score (nSPS) is 16.9. The minimum atomic E-state index is -4.70. The molecule has 0 radical (unpaired) electrons. The lowest BCUT2D eigenvalue weighted by molar-refractivity contribution is -0.141. The summed E-state index contributed by atoms with van der Waals surface area (Å²) < 4.78 is 41.3. The van der Waals surface area contributed by atoms with E-state index in [1.807, 2.05) is 16.9 Å². The van der Waals surface area contributed by atoms with Crippen LogP contribution in [0.2, 0.25) is 0 Å². The monoisotopic (exact) mass is 651 g/mol. The zero-order valence-electron chi connectivity index (χ0n) is 25.6. The van der Waals surface area contributed by atoms with Crippen LogP contribution in [0.15, 0.2) is 48.7 Å². The number of urea groups is 1. The molecular formula is C31H32F3N9O4. The summed E-state index contributed by atoms with van der Waals surface area (Å²) >= 11 is 0. The van der Waals surface area contributed by atoms with Crippen LogP contribution in [0.25, 0.3) is 10.9 Å². The van der Waals surface area contributed by atoms with Crippen molar-refractivity contribution in [1.82, 2.24) is 35.2 Å². The molecule has 4 aromatic rings. The van der Waals surface area contributed by atoms with E-state index in [0.717, 1.165) is 43.8 Å². The molecule has 3 N–H and O–H groups in total. The average Bonchev–Trinajstić information content (AvgIpc) is 3.44. The van der Waals surface area contributed by atoms with Crippen LogP contribution < -0.4 is 15.5 Å². The number of carbonyl (C=O) groups is 3. The molecule has 0 aliphatic carbocycles. The van der Waals surface area contributed by atoms with Crippen molar-refractivity contribution in [2.45, 2.75) is 57.5 Å². The number of aliphatic hydroxyl groups is 1. The summed E-state index contributed by atoms with van der Waals surface area (Å²) in [4.78, 5) is 43.5. The Morgan fingerprint density at radius 3 is 2.49 bits per heavy atom. The number of alkyl halides is 3. The standard InChI is InChI=1S/C31H32F3N9O4/c1-30(2,47)21-15-23-18(14-24(21)36-28(45)22-4-3-5-25(35-22)31(32,33)34)16-43(40-23)20-8-11-41(12-9-20)17-19-6-7-26(39-38-19)42-13-10-27(44)37-29(42)46/h3-7,14-16,20,47H,8-13,17H2,1-2H3,(H,36,45)(H,37,44,46). The number of halogens is 3. The van der Waals surface area contributed by atoms with Gasteiger partial charge in [-0.2, -0.15) is 23.4 Å². The minimum absolute atomic E-state index is 0.0883. The van der Waals surface area contributed by atoms with Gasteiger partial charge < -0.3 is 10.4 Å². The molecule has 0 unspecified atom stereocenters. The third-order valence-electron chi connectivity index (χ3n) is 8.19. The van der Waals surface area contributed by atoms with Gasteiger partial charge >= 0.3 is 12.2 Å². The summed E-state index contributed by atoms with van der Waals surface area (Å²) in [5.41, 5.74) is -1.03. The number of nitrogens with one attached hydrogen (secondary N) is 2. The van der Waals surface area contributed by atoms with Crippen molar-refractivity contribution < 1.29 is 32.7 Å². The average molecular weight is 652 g/mol. The Bertz CT molecular complexity index is 1830. The molecule has 6 rings (SSSR count). The minimum Gasteiger partial charge on any atom is -0.386 e. The van der Waals surface area contributed by atoms with Gasteiger partial charge in [0.15, 0.2) is 5.82 Å². The Morgan fingerprint density at radius 1 is 1.06 bits per heavy atom. The van der Waals surface area contributed by atoms with Crippen molar-refractivity contribution in [2.75, 3.05) is 29.9 Å². The number of aromatic nitrogens is 5. The van der Waals surface area contributed by atoms with Gasteiger partial charge in [0.05, 0.1) is 22.9 Å². The molecule has 2 fully saturated rings. The van der Waals surface area contributed by atoms with Gasteiger partial charge in [-0.05, 0) is 63.1 Å². The van der Waals surface area contributed by atoms with Gasteiger partial charge in [-0.25, -0.2) is 9.78 Å². The smallest absolute Gasteiger partial charge is 0.386 e. The first-order valence-corrected chi connectivity index (χ1v) is 15.0. The third kappa shape index (κ3) is 7.07. The molecule has 47 heavy (non-hydrogen) atoms. The topological polar surface area (TPSA) is 158 Å². The van der Waals surface area contributed by atoms with E-state index in [0.29, 0.717) is 28.8 Å². The van der Waals surface area contributed by atoms with Crippen molar-refractivity contribution in [2.24, 2.45) is 0 Å². The number of nitrogens with zero attached hydrogens (tertiary/aromatic N) is 7. The Labute approximate surface area is 266 Å². The molecule has 2 aliphatic rings. The number of pyridine rings is 1. The number of piperidine rings is 1. The zero-order chi connectivity index (χ0) is 33.5. The lowest BCUT2D eigenvalue weighted by atomic mass is 9.95. The third-order valence-corrected chi connectivity index (χ3v) is 8.19. The largest absolute Gasteiger partial charge is 0.433 e. The van der Waals surface area contributed by atoms with Crippen LogP contribution in [0.1, 0.15) is 66.6 Å². The van der Waals surface area contributed by atoms with Crippen molar-refractivity contribution in [1.29, 1.82) is 0 Å². The van der Waals surface area contributed by atoms with E-state index >= 15 is 0 Å². The van der Waals surface area contributed by atoms with E-state index < -0.39 is 35.1 Å². The maximum absolute atomic E-state index is 13.2. The number of benzene rings is 1. The van der Waals surface area contributed by atoms with Gasteiger partial charge in [0.2, 0.25) is 5.91 Å². The molecule has 0 atom stereocenters. The maximum Gasteiger partial charge on any atom is 0.433 e.